The van der Waals surface area contributed by atoms with Crippen LogP contribution in [0, 0.1) is 24.0 Å². The third kappa shape index (κ3) is 3.40. The van der Waals surface area contributed by atoms with Crippen LogP contribution in [0.2, 0.25) is 0 Å². The zero-order valence-corrected chi connectivity index (χ0v) is 13.6. The highest BCUT2D eigenvalue weighted by Crippen LogP contribution is 2.32. The second kappa shape index (κ2) is 6.56. The van der Waals surface area contributed by atoms with Crippen molar-refractivity contribution in [2.24, 2.45) is 0 Å². The minimum atomic E-state index is -0.449. The van der Waals surface area contributed by atoms with E-state index in [0.29, 0.717) is 22.4 Å². The van der Waals surface area contributed by atoms with Crippen LogP contribution in [-0.4, -0.2) is 15.1 Å². The first-order chi connectivity index (χ1) is 12.0. The van der Waals surface area contributed by atoms with Crippen LogP contribution in [0.4, 0.5) is 5.69 Å². The van der Waals surface area contributed by atoms with E-state index in [1.54, 1.807) is 19.9 Å². The number of hydrogen-bond acceptors (Lipinski definition) is 5. The largest absolute Gasteiger partial charge is 0.437 e. The van der Waals surface area contributed by atoms with E-state index in [-0.39, 0.29) is 17.1 Å². The number of ether oxygens (including phenoxy) is 1. The van der Waals surface area contributed by atoms with Crippen molar-refractivity contribution in [2.45, 2.75) is 13.8 Å². The Morgan fingerprint density at radius 3 is 2.32 bits per heavy atom. The van der Waals surface area contributed by atoms with E-state index in [2.05, 4.69) is 10.2 Å². The number of hydrogen-bond donors (Lipinski definition) is 1. The van der Waals surface area contributed by atoms with Gasteiger partial charge in [-0.25, -0.2) is 5.10 Å². The van der Waals surface area contributed by atoms with Crippen molar-refractivity contribution >= 4 is 5.69 Å². The number of nitrogens with one attached hydrogen (secondary N) is 1. The molecule has 0 saturated carbocycles. The van der Waals surface area contributed by atoms with Gasteiger partial charge < -0.3 is 4.74 Å². The maximum Gasteiger partial charge on any atom is 0.272 e. The van der Waals surface area contributed by atoms with Crippen molar-refractivity contribution < 1.29 is 9.66 Å². The van der Waals surface area contributed by atoms with Gasteiger partial charge in [0.05, 0.1) is 10.5 Å². The van der Waals surface area contributed by atoms with Crippen molar-refractivity contribution in [2.75, 3.05) is 0 Å². The van der Waals surface area contributed by atoms with Gasteiger partial charge in [0.25, 0.3) is 11.2 Å². The molecule has 25 heavy (non-hydrogen) atoms. The van der Waals surface area contributed by atoms with Crippen molar-refractivity contribution in [1.82, 2.24) is 10.2 Å². The van der Waals surface area contributed by atoms with Crippen LogP contribution in [0.5, 0.6) is 11.6 Å². The molecule has 126 valence electrons. The summed E-state index contributed by atoms with van der Waals surface area (Å²) in [5.74, 6) is 0.683. The van der Waals surface area contributed by atoms with E-state index in [1.165, 1.54) is 12.1 Å². The summed E-state index contributed by atoms with van der Waals surface area (Å²) in [6.07, 6.45) is 0. The first-order valence-corrected chi connectivity index (χ1v) is 7.54. The summed E-state index contributed by atoms with van der Waals surface area (Å²) >= 11 is 0. The predicted octanol–water partition coefficient (Wildman–Crippen LogP) is 3.75. The monoisotopic (exact) mass is 337 g/mol. The van der Waals surface area contributed by atoms with Crippen LogP contribution in [0.1, 0.15) is 11.1 Å². The standard InChI is InChI=1S/C18H15N3O4/c1-11-8-14(21(23)24)9-12(2)17(11)25-16-10-15(18(22)20-19-16)13-6-4-3-5-7-13/h3-10H,1-2H3,(H,20,22). The Morgan fingerprint density at radius 2 is 1.72 bits per heavy atom. The third-order valence-electron chi connectivity index (χ3n) is 3.73. The molecule has 0 amide bonds. The average molecular weight is 337 g/mol. The van der Waals surface area contributed by atoms with Crippen LogP contribution in [0.15, 0.2) is 53.3 Å². The molecule has 1 heterocycles. The summed E-state index contributed by atoms with van der Waals surface area (Å²) in [6, 6.07) is 13.6. The zero-order valence-electron chi connectivity index (χ0n) is 13.6. The van der Waals surface area contributed by atoms with E-state index in [1.807, 2.05) is 30.3 Å². The lowest BCUT2D eigenvalue weighted by Crippen LogP contribution is -2.11. The third-order valence-corrected chi connectivity index (χ3v) is 3.73. The van der Waals surface area contributed by atoms with Crippen LogP contribution in [0.3, 0.4) is 0 Å². The molecule has 0 aliphatic rings. The van der Waals surface area contributed by atoms with Crippen LogP contribution >= 0.6 is 0 Å². The SMILES string of the molecule is Cc1cc([N+](=O)[O-])cc(C)c1Oc1cc(-c2ccccc2)c(=O)[nH]n1. The molecule has 3 aromatic rings. The smallest absolute Gasteiger partial charge is 0.272 e. The topological polar surface area (TPSA) is 98.1 Å². The van der Waals surface area contributed by atoms with Crippen molar-refractivity contribution in [3.8, 4) is 22.8 Å². The van der Waals surface area contributed by atoms with Crippen LogP contribution in [-0.2, 0) is 0 Å². The molecule has 0 spiro atoms. The number of aryl methyl sites for hydroxylation is 2. The van der Waals surface area contributed by atoms with Gasteiger partial charge in [-0.2, -0.15) is 0 Å². The van der Waals surface area contributed by atoms with Gasteiger partial charge in [0, 0.05) is 18.2 Å². The van der Waals surface area contributed by atoms with Crippen molar-refractivity contribution in [3.05, 3.63) is 80.1 Å². The zero-order chi connectivity index (χ0) is 18.0. The number of H-pyrrole nitrogens is 1. The number of aromatic nitrogens is 2. The van der Waals surface area contributed by atoms with E-state index in [9.17, 15) is 14.9 Å². The summed E-state index contributed by atoms with van der Waals surface area (Å²) < 4.78 is 5.79. The van der Waals surface area contributed by atoms with E-state index >= 15 is 0 Å². The minimum Gasteiger partial charge on any atom is -0.437 e. The van der Waals surface area contributed by atoms with Gasteiger partial charge in [0.15, 0.2) is 0 Å². The van der Waals surface area contributed by atoms with Crippen molar-refractivity contribution in [3.63, 3.8) is 0 Å². The summed E-state index contributed by atoms with van der Waals surface area (Å²) in [5, 5.41) is 17.2. The highest BCUT2D eigenvalue weighted by molar-refractivity contribution is 5.63. The van der Waals surface area contributed by atoms with Gasteiger partial charge >= 0.3 is 0 Å². The molecule has 0 atom stereocenters. The number of nitro groups is 1. The molecule has 7 nitrogen and oxygen atoms in total. The molecule has 7 heteroatoms. The second-order valence-corrected chi connectivity index (χ2v) is 5.58. The molecule has 2 aromatic carbocycles. The summed E-state index contributed by atoms with van der Waals surface area (Å²) in [5.41, 5.74) is 2.08. The summed E-state index contributed by atoms with van der Waals surface area (Å²) in [7, 11) is 0. The second-order valence-electron chi connectivity index (χ2n) is 5.58. The van der Waals surface area contributed by atoms with Gasteiger partial charge in [-0.3, -0.25) is 14.9 Å². The molecule has 3 rings (SSSR count). The number of nitro benzene ring substituents is 1. The Morgan fingerprint density at radius 1 is 1.08 bits per heavy atom. The average Bonchev–Trinajstić information content (AvgIpc) is 2.60. The molecule has 0 aliphatic carbocycles. The number of non-ortho nitro benzene ring substituents is 1. The Labute approximate surface area is 143 Å². The molecule has 0 bridgehead atoms. The lowest BCUT2D eigenvalue weighted by Gasteiger charge is -2.11. The molecule has 0 radical (unpaired) electrons. The van der Waals surface area contributed by atoms with E-state index in [4.69, 9.17) is 4.74 Å². The normalized spacial score (nSPS) is 10.5. The fraction of sp³-hybridized carbons (Fsp3) is 0.111. The molecule has 0 saturated heterocycles. The molecule has 1 aromatic heterocycles. The maximum absolute atomic E-state index is 12.0. The van der Waals surface area contributed by atoms with Gasteiger partial charge in [-0.1, -0.05) is 30.3 Å². The van der Waals surface area contributed by atoms with E-state index < -0.39 is 4.92 Å². The Balaban J connectivity index is 2.00. The van der Waals surface area contributed by atoms with Crippen molar-refractivity contribution in [1.29, 1.82) is 0 Å². The minimum absolute atomic E-state index is 0.00162. The van der Waals surface area contributed by atoms with Gasteiger partial charge in [-0.05, 0) is 30.5 Å². The van der Waals surface area contributed by atoms with Gasteiger partial charge in [0.2, 0.25) is 5.88 Å². The first kappa shape index (κ1) is 16.4. The number of aromatic amines is 1. The molecular formula is C18H15N3O4. The molecule has 0 aliphatic heterocycles. The number of benzene rings is 2. The molecule has 1 N–H and O–H groups in total. The maximum atomic E-state index is 12.0. The molecular weight excluding hydrogens is 322 g/mol. The summed E-state index contributed by atoms with van der Waals surface area (Å²) in [6.45, 7) is 3.44. The Kier molecular flexibility index (Phi) is 4.30. The van der Waals surface area contributed by atoms with Gasteiger partial charge in [-0.15, -0.1) is 5.10 Å². The fourth-order valence-electron chi connectivity index (χ4n) is 2.57. The molecule has 0 unspecified atom stereocenters. The van der Waals surface area contributed by atoms with Gasteiger partial charge in [0.1, 0.15) is 5.75 Å². The highest BCUT2D eigenvalue weighted by Gasteiger charge is 2.15. The first-order valence-electron chi connectivity index (χ1n) is 7.54. The van der Waals surface area contributed by atoms with E-state index in [0.717, 1.165) is 5.56 Å². The van der Waals surface area contributed by atoms with Crippen LogP contribution < -0.4 is 10.3 Å². The lowest BCUT2D eigenvalue weighted by atomic mass is 10.1. The predicted molar refractivity (Wildman–Crippen MR) is 92.9 cm³/mol. The Hall–Kier alpha value is -3.48. The number of nitrogens with zero attached hydrogens (tertiary/aromatic N) is 2. The number of rotatable bonds is 4. The lowest BCUT2D eigenvalue weighted by molar-refractivity contribution is -0.385. The quantitative estimate of drug-likeness (QED) is 0.577. The molecule has 0 fully saturated rings. The summed E-state index contributed by atoms with van der Waals surface area (Å²) in [4.78, 5) is 22.5. The van der Waals surface area contributed by atoms with Crippen LogP contribution in [0.25, 0.3) is 11.1 Å². The fourth-order valence-corrected chi connectivity index (χ4v) is 2.57. The highest BCUT2D eigenvalue weighted by atomic mass is 16.6. The Bertz CT molecular complexity index is 974.